The van der Waals surface area contributed by atoms with E-state index in [9.17, 15) is 4.79 Å². The van der Waals surface area contributed by atoms with E-state index in [0.717, 1.165) is 36.8 Å². The first-order chi connectivity index (χ1) is 12.3. The zero-order valence-corrected chi connectivity index (χ0v) is 20.7. The third-order valence-corrected chi connectivity index (χ3v) is 5.92. The molecule has 0 N–H and O–H groups in total. The Morgan fingerprint density at radius 1 is 0.731 bits per heavy atom. The van der Waals surface area contributed by atoms with Crippen LogP contribution < -0.4 is 9.47 Å². The van der Waals surface area contributed by atoms with Crippen LogP contribution >= 0.6 is 63.7 Å². The normalized spacial score (nSPS) is 10.7. The fraction of sp³-hybridized carbons (Fsp3) is 0.316. The lowest BCUT2D eigenvalue weighted by atomic mass is 10.1. The summed E-state index contributed by atoms with van der Waals surface area (Å²) in [7, 11) is 0. The Balaban J connectivity index is 2.17. The predicted octanol–water partition coefficient (Wildman–Crippen LogP) is 8.22. The van der Waals surface area contributed by atoms with Crippen LogP contribution in [0, 0.1) is 0 Å². The SMILES string of the molecule is CCCc1cc(Br)c(OC(=O)Oc2c(Br)cc(CCC)cc2Br)c(Br)c1. The lowest BCUT2D eigenvalue weighted by Gasteiger charge is -2.13. The lowest BCUT2D eigenvalue weighted by Crippen LogP contribution is -2.15. The Morgan fingerprint density at radius 3 is 1.31 bits per heavy atom. The number of carbonyl (C=O) groups excluding carboxylic acids is 1. The molecular formula is C19H18Br4O3. The highest BCUT2D eigenvalue weighted by atomic mass is 79.9. The monoisotopic (exact) mass is 610 g/mol. The molecule has 0 radical (unpaired) electrons. The molecule has 0 aliphatic heterocycles. The van der Waals surface area contributed by atoms with E-state index in [1.54, 1.807) is 0 Å². The minimum absolute atomic E-state index is 0.393. The van der Waals surface area contributed by atoms with Gasteiger partial charge in [0.25, 0.3) is 0 Å². The Bertz CT molecular complexity index is 694. The number of aryl methyl sites for hydroxylation is 2. The van der Waals surface area contributed by atoms with Crippen molar-refractivity contribution < 1.29 is 14.3 Å². The van der Waals surface area contributed by atoms with Gasteiger partial charge in [-0.1, -0.05) is 26.7 Å². The van der Waals surface area contributed by atoms with Gasteiger partial charge in [-0.25, -0.2) is 4.79 Å². The van der Waals surface area contributed by atoms with Gasteiger partial charge in [0.2, 0.25) is 0 Å². The van der Waals surface area contributed by atoms with Gasteiger partial charge < -0.3 is 9.47 Å². The van der Waals surface area contributed by atoms with Crippen molar-refractivity contribution in [1.82, 2.24) is 0 Å². The van der Waals surface area contributed by atoms with Crippen molar-refractivity contribution in [1.29, 1.82) is 0 Å². The third kappa shape index (κ3) is 5.81. The van der Waals surface area contributed by atoms with E-state index in [-0.39, 0.29) is 0 Å². The van der Waals surface area contributed by atoms with Crippen LogP contribution in [0.5, 0.6) is 11.5 Å². The van der Waals surface area contributed by atoms with Crippen molar-refractivity contribution in [2.24, 2.45) is 0 Å². The molecular weight excluding hydrogens is 596 g/mol. The Kier molecular flexibility index (Phi) is 8.64. The van der Waals surface area contributed by atoms with Crippen molar-refractivity contribution in [3.8, 4) is 11.5 Å². The summed E-state index contributed by atoms with van der Waals surface area (Å²) in [5, 5.41) is 0. The number of hydrogen-bond donors (Lipinski definition) is 0. The van der Waals surface area contributed by atoms with Gasteiger partial charge in [-0.05, 0) is 112 Å². The fourth-order valence-electron chi connectivity index (χ4n) is 2.47. The fourth-order valence-corrected chi connectivity index (χ4v) is 5.36. The molecule has 2 aromatic carbocycles. The summed E-state index contributed by atoms with van der Waals surface area (Å²) in [4.78, 5) is 12.3. The zero-order valence-electron chi connectivity index (χ0n) is 14.4. The maximum absolute atomic E-state index is 12.3. The first-order valence-electron chi connectivity index (χ1n) is 8.21. The van der Waals surface area contributed by atoms with E-state index in [4.69, 9.17) is 9.47 Å². The van der Waals surface area contributed by atoms with Crippen LogP contribution in [0.2, 0.25) is 0 Å². The van der Waals surface area contributed by atoms with Crippen molar-refractivity contribution in [3.63, 3.8) is 0 Å². The molecule has 0 heterocycles. The second kappa shape index (κ2) is 10.2. The van der Waals surface area contributed by atoms with Crippen LogP contribution in [0.15, 0.2) is 42.2 Å². The highest BCUT2D eigenvalue weighted by molar-refractivity contribution is 9.11. The van der Waals surface area contributed by atoms with E-state index in [0.29, 0.717) is 29.4 Å². The van der Waals surface area contributed by atoms with Crippen LogP contribution in [0.4, 0.5) is 4.79 Å². The van der Waals surface area contributed by atoms with E-state index in [1.165, 1.54) is 0 Å². The molecule has 0 atom stereocenters. The van der Waals surface area contributed by atoms with Gasteiger partial charge >= 0.3 is 6.16 Å². The van der Waals surface area contributed by atoms with Crippen molar-refractivity contribution >= 4 is 69.9 Å². The van der Waals surface area contributed by atoms with E-state index in [1.807, 2.05) is 24.3 Å². The highest BCUT2D eigenvalue weighted by Gasteiger charge is 2.18. The smallest absolute Gasteiger partial charge is 0.392 e. The molecule has 3 nitrogen and oxygen atoms in total. The molecule has 0 aromatic heterocycles. The standard InChI is InChI=1S/C19H18Br4O3/c1-3-5-11-7-13(20)17(14(21)8-11)25-19(24)26-18-15(22)9-12(6-4-2)10-16(18)23/h7-10H,3-6H2,1-2H3. The molecule has 140 valence electrons. The summed E-state index contributed by atoms with van der Waals surface area (Å²) in [5.74, 6) is 0.786. The average Bonchev–Trinajstić information content (AvgIpc) is 2.55. The van der Waals surface area contributed by atoms with Gasteiger partial charge in [-0.15, -0.1) is 0 Å². The molecule has 0 amide bonds. The van der Waals surface area contributed by atoms with E-state index in [2.05, 4.69) is 77.6 Å². The van der Waals surface area contributed by atoms with Crippen molar-refractivity contribution in [2.75, 3.05) is 0 Å². The largest absolute Gasteiger partial charge is 0.519 e. The number of halogens is 4. The van der Waals surface area contributed by atoms with Crippen LogP contribution in [-0.4, -0.2) is 6.16 Å². The molecule has 0 bridgehead atoms. The number of rotatable bonds is 6. The first-order valence-corrected chi connectivity index (χ1v) is 11.4. The van der Waals surface area contributed by atoms with Gasteiger partial charge in [0.05, 0.1) is 17.9 Å². The van der Waals surface area contributed by atoms with Crippen LogP contribution in [-0.2, 0) is 12.8 Å². The van der Waals surface area contributed by atoms with Crippen molar-refractivity contribution in [2.45, 2.75) is 39.5 Å². The number of hydrogen-bond acceptors (Lipinski definition) is 3. The predicted molar refractivity (Wildman–Crippen MR) is 118 cm³/mol. The van der Waals surface area contributed by atoms with Gasteiger partial charge in [-0.2, -0.15) is 0 Å². The molecule has 0 unspecified atom stereocenters. The number of carbonyl (C=O) groups is 1. The molecule has 0 aliphatic rings. The molecule has 26 heavy (non-hydrogen) atoms. The summed E-state index contributed by atoms with van der Waals surface area (Å²) in [6.07, 6.45) is 3.17. The van der Waals surface area contributed by atoms with Gasteiger partial charge in [0.1, 0.15) is 0 Å². The van der Waals surface area contributed by atoms with Crippen LogP contribution in [0.3, 0.4) is 0 Å². The second-order valence-electron chi connectivity index (χ2n) is 5.73. The minimum Gasteiger partial charge on any atom is -0.392 e. The molecule has 7 heteroatoms. The van der Waals surface area contributed by atoms with Gasteiger partial charge in [0.15, 0.2) is 11.5 Å². The number of ether oxygens (including phenoxy) is 2. The molecule has 2 rings (SSSR count). The molecule has 0 saturated heterocycles. The molecule has 0 spiro atoms. The van der Waals surface area contributed by atoms with E-state index < -0.39 is 6.16 Å². The molecule has 0 aliphatic carbocycles. The maximum Gasteiger partial charge on any atom is 0.519 e. The summed E-state index contributed by atoms with van der Waals surface area (Å²) in [6.45, 7) is 4.23. The van der Waals surface area contributed by atoms with Crippen molar-refractivity contribution in [3.05, 3.63) is 53.3 Å². The van der Waals surface area contributed by atoms with Gasteiger partial charge in [0, 0.05) is 0 Å². The lowest BCUT2D eigenvalue weighted by molar-refractivity contribution is 0.150. The quantitative estimate of drug-likeness (QED) is 0.243. The number of benzene rings is 2. The highest BCUT2D eigenvalue weighted by Crippen LogP contribution is 2.38. The van der Waals surface area contributed by atoms with Crippen LogP contribution in [0.1, 0.15) is 37.8 Å². The Hall–Kier alpha value is -0.370. The second-order valence-corrected chi connectivity index (χ2v) is 9.15. The summed E-state index contributed by atoms with van der Waals surface area (Å²) >= 11 is 13.8. The van der Waals surface area contributed by atoms with Crippen LogP contribution in [0.25, 0.3) is 0 Å². The minimum atomic E-state index is -0.806. The topological polar surface area (TPSA) is 35.5 Å². The summed E-state index contributed by atoms with van der Waals surface area (Å²) in [6, 6.07) is 7.79. The summed E-state index contributed by atoms with van der Waals surface area (Å²) in [5.41, 5.74) is 2.31. The molecule has 0 saturated carbocycles. The first kappa shape index (κ1) is 21.9. The summed E-state index contributed by atoms with van der Waals surface area (Å²) < 4.78 is 13.6. The zero-order chi connectivity index (χ0) is 19.3. The maximum atomic E-state index is 12.3. The molecule has 2 aromatic rings. The van der Waals surface area contributed by atoms with E-state index >= 15 is 0 Å². The Morgan fingerprint density at radius 2 is 1.04 bits per heavy atom. The van der Waals surface area contributed by atoms with Gasteiger partial charge in [-0.3, -0.25) is 0 Å². The Labute approximate surface area is 187 Å². The molecule has 0 fully saturated rings. The average molecular weight is 614 g/mol. The third-order valence-electron chi connectivity index (χ3n) is 3.56.